The highest BCUT2D eigenvalue weighted by Gasteiger charge is 2.36. The third-order valence-electron chi connectivity index (χ3n) is 6.47. The minimum Gasteiger partial charge on any atom is -0.435 e. The van der Waals surface area contributed by atoms with E-state index in [1.54, 1.807) is 18.5 Å². The third kappa shape index (κ3) is 3.90. The fraction of sp³-hybridized carbons (Fsp3) is 0.391. The van der Waals surface area contributed by atoms with Gasteiger partial charge in [-0.15, -0.1) is 0 Å². The smallest absolute Gasteiger partial charge is 0.387 e. The number of halogens is 2. The van der Waals surface area contributed by atoms with Crippen molar-refractivity contribution in [1.82, 2.24) is 30.1 Å². The number of aryl methyl sites for hydroxylation is 2. The molecule has 33 heavy (non-hydrogen) atoms. The van der Waals surface area contributed by atoms with E-state index < -0.39 is 6.61 Å². The number of H-pyrrole nitrogens is 2. The molecule has 1 aliphatic rings. The summed E-state index contributed by atoms with van der Waals surface area (Å²) in [6.07, 6.45) is 3.33. The largest absolute Gasteiger partial charge is 0.435 e. The van der Waals surface area contributed by atoms with Crippen molar-refractivity contribution >= 4 is 16.9 Å². The van der Waals surface area contributed by atoms with E-state index in [-0.39, 0.29) is 11.2 Å². The van der Waals surface area contributed by atoms with Gasteiger partial charge in [-0.05, 0) is 38.8 Å². The number of aromatic nitrogens is 6. The molecule has 8 nitrogen and oxygen atoms in total. The number of ether oxygens (including phenoxy) is 1. The molecule has 0 spiro atoms. The number of aromatic amines is 2. The average molecular weight is 453 g/mol. The zero-order valence-electron chi connectivity index (χ0n) is 18.7. The summed E-state index contributed by atoms with van der Waals surface area (Å²) >= 11 is 0. The van der Waals surface area contributed by atoms with E-state index in [1.807, 2.05) is 19.9 Å². The highest BCUT2D eigenvalue weighted by atomic mass is 19.3. The van der Waals surface area contributed by atoms with Crippen molar-refractivity contribution in [2.75, 3.05) is 18.0 Å². The lowest BCUT2D eigenvalue weighted by molar-refractivity contribution is -0.0498. The van der Waals surface area contributed by atoms with Gasteiger partial charge in [0.2, 0.25) is 0 Å². The summed E-state index contributed by atoms with van der Waals surface area (Å²) < 4.78 is 29.8. The first-order valence-electron chi connectivity index (χ1n) is 10.9. The molecule has 0 bridgehead atoms. The predicted molar refractivity (Wildman–Crippen MR) is 121 cm³/mol. The topological polar surface area (TPSA) is 95.6 Å². The normalized spacial score (nSPS) is 16.0. The Hall–Kier alpha value is -3.56. The fourth-order valence-electron chi connectivity index (χ4n) is 4.52. The van der Waals surface area contributed by atoms with Gasteiger partial charge in [-0.2, -0.15) is 13.9 Å². The molecule has 0 aliphatic carbocycles. The van der Waals surface area contributed by atoms with Gasteiger partial charge in [-0.25, -0.2) is 15.0 Å². The monoisotopic (exact) mass is 453 g/mol. The molecule has 1 aliphatic heterocycles. The van der Waals surface area contributed by atoms with Crippen LogP contribution in [0.4, 0.5) is 14.6 Å². The molecule has 0 amide bonds. The zero-order chi connectivity index (χ0) is 23.2. The molecule has 3 aromatic heterocycles. The van der Waals surface area contributed by atoms with Crippen LogP contribution in [0.1, 0.15) is 37.0 Å². The van der Waals surface area contributed by atoms with Crippen LogP contribution >= 0.6 is 0 Å². The molecule has 1 aromatic carbocycles. The first-order chi connectivity index (χ1) is 15.8. The van der Waals surface area contributed by atoms with Crippen LogP contribution in [0.3, 0.4) is 0 Å². The van der Waals surface area contributed by atoms with Crippen molar-refractivity contribution < 1.29 is 13.5 Å². The average Bonchev–Trinajstić information content (AvgIpc) is 3.37. The van der Waals surface area contributed by atoms with Crippen LogP contribution in [-0.2, 0) is 5.41 Å². The van der Waals surface area contributed by atoms with Crippen molar-refractivity contribution in [1.29, 1.82) is 0 Å². The number of benzene rings is 1. The molecule has 1 saturated heterocycles. The lowest BCUT2D eigenvalue weighted by Crippen LogP contribution is -2.42. The number of hydrogen-bond donors (Lipinski definition) is 2. The number of nitrogens with zero attached hydrogens (tertiary/aromatic N) is 5. The SMILES string of the molecule is Cc1[nH]c(C2(C)CCN(c3ncnc4n[nH]c(C)c34)CC2)nc1-c1cccc(OC(F)F)c1. The summed E-state index contributed by atoms with van der Waals surface area (Å²) in [7, 11) is 0. The van der Waals surface area contributed by atoms with Gasteiger partial charge >= 0.3 is 6.61 Å². The second kappa shape index (κ2) is 8.09. The van der Waals surface area contributed by atoms with Crippen molar-refractivity contribution in [3.8, 4) is 17.0 Å². The van der Waals surface area contributed by atoms with E-state index in [0.717, 1.165) is 65.6 Å². The van der Waals surface area contributed by atoms with E-state index in [0.29, 0.717) is 5.65 Å². The van der Waals surface area contributed by atoms with Gasteiger partial charge < -0.3 is 14.6 Å². The van der Waals surface area contributed by atoms with E-state index in [9.17, 15) is 8.78 Å². The molecule has 172 valence electrons. The summed E-state index contributed by atoms with van der Waals surface area (Å²) in [5.41, 5.74) is 3.88. The number of imidazole rings is 1. The van der Waals surface area contributed by atoms with Crippen LogP contribution in [0.2, 0.25) is 0 Å². The summed E-state index contributed by atoms with van der Waals surface area (Å²) in [6, 6.07) is 6.66. The molecule has 0 unspecified atom stereocenters. The van der Waals surface area contributed by atoms with E-state index in [2.05, 4.69) is 41.7 Å². The standard InChI is InChI=1S/C23H25F2N7O/c1-13-17-19(31-30-13)26-12-27-20(17)32-9-7-23(3,8-10-32)21-28-14(2)18(29-21)15-5-4-6-16(11-15)33-22(24)25/h4-6,11-12,22H,7-10H2,1-3H3,(H,28,29)(H,26,27,30,31). The van der Waals surface area contributed by atoms with E-state index in [1.165, 1.54) is 6.07 Å². The van der Waals surface area contributed by atoms with Crippen LogP contribution < -0.4 is 9.64 Å². The number of alkyl halides is 2. The van der Waals surface area contributed by atoms with E-state index >= 15 is 0 Å². The molecule has 5 rings (SSSR count). The lowest BCUT2D eigenvalue weighted by atomic mass is 9.79. The third-order valence-corrected chi connectivity index (χ3v) is 6.47. The van der Waals surface area contributed by atoms with Crippen molar-refractivity contribution in [2.45, 2.75) is 45.6 Å². The minimum absolute atomic E-state index is 0.122. The summed E-state index contributed by atoms with van der Waals surface area (Å²) in [5.74, 6) is 1.93. The van der Waals surface area contributed by atoms with Crippen molar-refractivity contribution in [3.05, 3.63) is 47.8 Å². The second-order valence-electron chi connectivity index (χ2n) is 8.76. The molecule has 1 fully saturated rings. The predicted octanol–water partition coefficient (Wildman–Crippen LogP) is 4.52. The molecular formula is C23H25F2N7O. The van der Waals surface area contributed by atoms with Crippen LogP contribution in [0.25, 0.3) is 22.3 Å². The fourth-order valence-corrected chi connectivity index (χ4v) is 4.52. The second-order valence-corrected chi connectivity index (χ2v) is 8.76. The van der Waals surface area contributed by atoms with Crippen LogP contribution in [-0.4, -0.2) is 49.8 Å². The molecule has 0 radical (unpaired) electrons. The minimum atomic E-state index is -2.86. The van der Waals surface area contributed by atoms with Crippen LogP contribution in [0.5, 0.6) is 5.75 Å². The van der Waals surface area contributed by atoms with Gasteiger partial charge in [0.1, 0.15) is 23.7 Å². The maximum Gasteiger partial charge on any atom is 0.387 e. The zero-order valence-corrected chi connectivity index (χ0v) is 18.7. The number of hydrogen-bond acceptors (Lipinski definition) is 6. The quantitative estimate of drug-likeness (QED) is 0.461. The Bertz CT molecular complexity index is 1290. The molecule has 0 saturated carbocycles. The van der Waals surface area contributed by atoms with Gasteiger partial charge in [0, 0.05) is 35.5 Å². The van der Waals surface area contributed by atoms with Gasteiger partial charge in [-0.1, -0.05) is 19.1 Å². The molecule has 0 atom stereocenters. The summed E-state index contributed by atoms with van der Waals surface area (Å²) in [5, 5.41) is 8.20. The Balaban J connectivity index is 1.38. The Morgan fingerprint density at radius 1 is 1.12 bits per heavy atom. The molecule has 2 N–H and O–H groups in total. The molecule has 4 heterocycles. The number of piperidine rings is 1. The lowest BCUT2D eigenvalue weighted by Gasteiger charge is -2.38. The maximum absolute atomic E-state index is 12.6. The Morgan fingerprint density at radius 2 is 1.91 bits per heavy atom. The highest BCUT2D eigenvalue weighted by Crippen LogP contribution is 2.38. The first-order valence-corrected chi connectivity index (χ1v) is 10.9. The Kier molecular flexibility index (Phi) is 5.22. The number of fused-ring (bicyclic) bond motifs is 1. The van der Waals surface area contributed by atoms with Crippen LogP contribution in [0.15, 0.2) is 30.6 Å². The van der Waals surface area contributed by atoms with E-state index in [4.69, 9.17) is 4.98 Å². The van der Waals surface area contributed by atoms with Gasteiger partial charge in [0.05, 0.1) is 11.1 Å². The first kappa shape index (κ1) is 21.3. The molecule has 10 heteroatoms. The maximum atomic E-state index is 12.6. The number of nitrogens with one attached hydrogen (secondary N) is 2. The van der Waals surface area contributed by atoms with Gasteiger partial charge in [0.15, 0.2) is 5.65 Å². The van der Waals surface area contributed by atoms with Crippen LogP contribution in [0, 0.1) is 13.8 Å². The van der Waals surface area contributed by atoms with Crippen molar-refractivity contribution in [2.24, 2.45) is 0 Å². The Labute approximate surface area is 189 Å². The number of anilines is 1. The number of rotatable bonds is 5. The summed E-state index contributed by atoms with van der Waals surface area (Å²) in [6.45, 7) is 4.92. The molecule has 4 aromatic rings. The van der Waals surface area contributed by atoms with Gasteiger partial charge in [0.25, 0.3) is 0 Å². The van der Waals surface area contributed by atoms with Crippen molar-refractivity contribution in [3.63, 3.8) is 0 Å². The highest BCUT2D eigenvalue weighted by molar-refractivity contribution is 5.89. The molecular weight excluding hydrogens is 428 g/mol. The summed E-state index contributed by atoms with van der Waals surface area (Å²) in [4.78, 5) is 19.4. The van der Waals surface area contributed by atoms with Gasteiger partial charge in [-0.3, -0.25) is 5.10 Å². The Morgan fingerprint density at radius 3 is 2.67 bits per heavy atom.